The van der Waals surface area contributed by atoms with Gasteiger partial charge in [-0.1, -0.05) is 42.5 Å². The van der Waals surface area contributed by atoms with Gasteiger partial charge in [-0.25, -0.2) is 4.39 Å². The molecule has 0 radical (unpaired) electrons. The maximum atomic E-state index is 13.7. The lowest BCUT2D eigenvalue weighted by atomic mass is 10.0. The van der Waals surface area contributed by atoms with E-state index in [1.165, 1.54) is 17.8 Å². The molecule has 3 aromatic carbocycles. The molecule has 0 saturated carbocycles. The third kappa shape index (κ3) is 5.57. The van der Waals surface area contributed by atoms with Crippen LogP contribution in [0.4, 0.5) is 4.39 Å². The summed E-state index contributed by atoms with van der Waals surface area (Å²) in [6, 6.07) is 18.4. The van der Waals surface area contributed by atoms with Gasteiger partial charge in [-0.15, -0.1) is 0 Å². The van der Waals surface area contributed by atoms with Gasteiger partial charge in [0, 0.05) is 5.56 Å². The Morgan fingerprint density at radius 1 is 1.11 bits per heavy atom. The maximum Gasteiger partial charge on any atom is 0.230 e. The molecule has 1 atom stereocenters. The molecule has 0 aliphatic carbocycles. The summed E-state index contributed by atoms with van der Waals surface area (Å²) >= 11 is 1.46. The fraction of sp³-hybridized carbons (Fsp3) is 0.182. The van der Waals surface area contributed by atoms with Crippen LogP contribution < -0.4 is 10.5 Å². The van der Waals surface area contributed by atoms with Gasteiger partial charge >= 0.3 is 0 Å². The number of benzene rings is 3. The van der Waals surface area contributed by atoms with Gasteiger partial charge in [-0.05, 0) is 47.2 Å². The number of primary amides is 1. The molecule has 0 heterocycles. The van der Waals surface area contributed by atoms with Crippen molar-refractivity contribution in [2.75, 3.05) is 6.26 Å². The van der Waals surface area contributed by atoms with E-state index in [0.29, 0.717) is 17.7 Å². The molecule has 0 aromatic heterocycles. The number of carbonyl (C=O) groups is 2. The molecule has 146 valence electrons. The Hall–Kier alpha value is -2.86. The highest BCUT2D eigenvalue weighted by Gasteiger charge is 2.14. The molecule has 1 unspecified atom stereocenters. The average molecular weight is 399 g/mol. The minimum atomic E-state index is -0.297. The number of hydrogen-bond acceptors (Lipinski definition) is 4. The van der Waals surface area contributed by atoms with Gasteiger partial charge in [0.25, 0.3) is 0 Å². The summed E-state index contributed by atoms with van der Waals surface area (Å²) < 4.78 is 19.4. The SMILES string of the molecule is C=O.CSC(Cc1ccc2cc(OCc3ccccc3F)ccc2c1)C(N)=O. The van der Waals surface area contributed by atoms with Gasteiger partial charge in [-0.2, -0.15) is 11.8 Å². The molecular weight excluding hydrogens is 377 g/mol. The molecule has 0 aliphatic heterocycles. The Labute approximate surface area is 167 Å². The monoisotopic (exact) mass is 399 g/mol. The lowest BCUT2D eigenvalue weighted by Crippen LogP contribution is -2.27. The van der Waals surface area contributed by atoms with Gasteiger partial charge in [0.2, 0.25) is 5.91 Å². The van der Waals surface area contributed by atoms with Crippen LogP contribution in [-0.4, -0.2) is 24.2 Å². The predicted octanol–water partition coefficient (Wildman–Crippen LogP) is 4.13. The van der Waals surface area contributed by atoms with E-state index in [1.807, 2.05) is 43.4 Å². The fourth-order valence-electron chi connectivity index (χ4n) is 2.78. The van der Waals surface area contributed by atoms with E-state index in [2.05, 4.69) is 6.07 Å². The van der Waals surface area contributed by atoms with E-state index in [0.717, 1.165) is 16.3 Å². The van der Waals surface area contributed by atoms with Crippen molar-refractivity contribution in [3.05, 3.63) is 77.6 Å². The highest BCUT2D eigenvalue weighted by Crippen LogP contribution is 2.24. The highest BCUT2D eigenvalue weighted by atomic mass is 32.2. The second-order valence-electron chi connectivity index (χ2n) is 6.05. The second-order valence-corrected chi connectivity index (χ2v) is 7.09. The first-order valence-corrected chi connectivity index (χ1v) is 9.85. The van der Waals surface area contributed by atoms with Crippen molar-refractivity contribution in [3.63, 3.8) is 0 Å². The van der Waals surface area contributed by atoms with Crippen LogP contribution in [0.25, 0.3) is 10.8 Å². The minimum Gasteiger partial charge on any atom is -0.489 e. The first-order valence-electron chi connectivity index (χ1n) is 8.56. The van der Waals surface area contributed by atoms with Crippen molar-refractivity contribution in [3.8, 4) is 5.75 Å². The zero-order valence-corrected chi connectivity index (χ0v) is 16.4. The molecule has 28 heavy (non-hydrogen) atoms. The molecule has 2 N–H and O–H groups in total. The first-order chi connectivity index (χ1) is 13.6. The van der Waals surface area contributed by atoms with Crippen molar-refractivity contribution in [1.82, 2.24) is 0 Å². The number of fused-ring (bicyclic) bond motifs is 1. The minimum absolute atomic E-state index is 0.185. The largest absolute Gasteiger partial charge is 0.489 e. The lowest BCUT2D eigenvalue weighted by Gasteiger charge is -2.12. The van der Waals surface area contributed by atoms with Crippen molar-refractivity contribution < 1.29 is 18.7 Å². The molecule has 3 rings (SSSR count). The molecule has 4 nitrogen and oxygen atoms in total. The number of hydrogen-bond donors (Lipinski definition) is 1. The summed E-state index contributed by atoms with van der Waals surface area (Å²) in [5.41, 5.74) is 7.01. The van der Waals surface area contributed by atoms with Crippen LogP contribution in [0.2, 0.25) is 0 Å². The van der Waals surface area contributed by atoms with Gasteiger partial charge in [0.1, 0.15) is 25.0 Å². The maximum absolute atomic E-state index is 13.7. The summed E-state index contributed by atoms with van der Waals surface area (Å²) in [4.78, 5) is 19.4. The van der Waals surface area contributed by atoms with Gasteiger partial charge in [0.15, 0.2) is 0 Å². The van der Waals surface area contributed by atoms with Crippen molar-refractivity contribution in [1.29, 1.82) is 0 Å². The Bertz CT molecular complexity index is 948. The number of ether oxygens (including phenoxy) is 1. The van der Waals surface area contributed by atoms with Crippen molar-refractivity contribution in [2.24, 2.45) is 5.73 Å². The highest BCUT2D eigenvalue weighted by molar-refractivity contribution is 7.99. The van der Waals surface area contributed by atoms with E-state index in [9.17, 15) is 9.18 Å². The Morgan fingerprint density at radius 2 is 1.79 bits per heavy atom. The Kier molecular flexibility index (Phi) is 8.02. The predicted molar refractivity (Wildman–Crippen MR) is 112 cm³/mol. The number of rotatable bonds is 7. The summed E-state index contributed by atoms with van der Waals surface area (Å²) in [5.74, 6) is 0.123. The number of nitrogens with two attached hydrogens (primary N) is 1. The smallest absolute Gasteiger partial charge is 0.230 e. The van der Waals surface area contributed by atoms with E-state index in [4.69, 9.17) is 15.3 Å². The Morgan fingerprint density at radius 3 is 2.46 bits per heavy atom. The summed E-state index contributed by atoms with van der Waals surface area (Å²) in [6.45, 7) is 2.18. The van der Waals surface area contributed by atoms with E-state index in [1.54, 1.807) is 18.2 Å². The molecule has 0 fully saturated rings. The number of carbonyl (C=O) groups excluding carboxylic acids is 2. The van der Waals surface area contributed by atoms with Crippen molar-refractivity contribution >= 4 is 35.2 Å². The molecule has 6 heteroatoms. The van der Waals surface area contributed by atoms with Crippen LogP contribution in [0.15, 0.2) is 60.7 Å². The molecule has 0 saturated heterocycles. The molecule has 0 bridgehead atoms. The lowest BCUT2D eigenvalue weighted by molar-refractivity contribution is -0.117. The summed E-state index contributed by atoms with van der Waals surface area (Å²) in [6.07, 6.45) is 2.49. The first kappa shape index (κ1) is 21.4. The van der Waals surface area contributed by atoms with Crippen LogP contribution in [0, 0.1) is 5.82 Å². The average Bonchev–Trinajstić information content (AvgIpc) is 2.72. The van der Waals surface area contributed by atoms with Crippen LogP contribution >= 0.6 is 11.8 Å². The number of amides is 1. The van der Waals surface area contributed by atoms with Crippen LogP contribution in [0.3, 0.4) is 0 Å². The van der Waals surface area contributed by atoms with Crippen LogP contribution in [0.1, 0.15) is 11.1 Å². The second kappa shape index (κ2) is 10.5. The standard InChI is InChI=1S/C21H20FNO2S.CH2O/c1-26-20(21(23)24)11-14-6-7-16-12-18(9-8-15(16)10-14)25-13-17-4-2-3-5-19(17)22;1-2/h2-10,12,20H,11,13H2,1H3,(H2,23,24);1H2. The third-order valence-corrected chi connectivity index (χ3v) is 5.22. The number of halogens is 1. The van der Waals surface area contributed by atoms with Crippen molar-refractivity contribution in [2.45, 2.75) is 18.3 Å². The fourth-order valence-corrected chi connectivity index (χ4v) is 3.37. The Balaban J connectivity index is 0.00000136. The zero-order chi connectivity index (χ0) is 20.5. The molecule has 3 aromatic rings. The number of thioether (sulfide) groups is 1. The van der Waals surface area contributed by atoms with E-state index < -0.39 is 0 Å². The third-order valence-electron chi connectivity index (χ3n) is 4.25. The van der Waals surface area contributed by atoms with Gasteiger partial charge in [0.05, 0.1) is 5.25 Å². The normalized spacial score (nSPS) is 11.4. The van der Waals surface area contributed by atoms with Crippen LogP contribution in [0.5, 0.6) is 5.75 Å². The molecule has 0 aliphatic rings. The zero-order valence-electron chi connectivity index (χ0n) is 15.6. The summed E-state index contributed by atoms with van der Waals surface area (Å²) in [7, 11) is 0. The van der Waals surface area contributed by atoms with E-state index >= 15 is 0 Å². The van der Waals surface area contributed by atoms with Gasteiger partial charge in [-0.3, -0.25) is 4.79 Å². The quantitative estimate of drug-likeness (QED) is 0.648. The topological polar surface area (TPSA) is 69.4 Å². The molecule has 1 amide bonds. The van der Waals surface area contributed by atoms with Crippen LogP contribution in [-0.2, 0) is 22.6 Å². The summed E-state index contributed by atoms with van der Waals surface area (Å²) in [5, 5.41) is 1.86. The molecular formula is C22H22FNO3S. The van der Waals surface area contributed by atoms with Gasteiger partial charge < -0.3 is 15.3 Å². The molecule has 0 spiro atoms. The van der Waals surface area contributed by atoms with E-state index in [-0.39, 0.29) is 23.6 Å².